The monoisotopic (exact) mass is 266 g/mol. The van der Waals surface area contributed by atoms with Gasteiger partial charge in [0.15, 0.2) is 0 Å². The van der Waals surface area contributed by atoms with Gasteiger partial charge in [-0.15, -0.1) is 11.6 Å². The summed E-state index contributed by atoms with van der Waals surface area (Å²) in [5, 5.41) is 0. The van der Waals surface area contributed by atoms with Crippen LogP contribution in [0.25, 0.3) is 0 Å². The van der Waals surface area contributed by atoms with Crippen molar-refractivity contribution in [1.29, 1.82) is 0 Å². The van der Waals surface area contributed by atoms with Crippen molar-refractivity contribution in [3.63, 3.8) is 0 Å². The van der Waals surface area contributed by atoms with Crippen LogP contribution in [0.3, 0.4) is 0 Å². The van der Waals surface area contributed by atoms with E-state index >= 15 is 0 Å². The minimum atomic E-state index is 0.487. The molecule has 2 fully saturated rings. The number of aromatic nitrogens is 2. The Morgan fingerprint density at radius 2 is 2.22 bits per heavy atom. The summed E-state index contributed by atoms with van der Waals surface area (Å²) in [5.41, 5.74) is 1.04. The minimum Gasteiger partial charge on any atom is -0.353 e. The number of fused-ring (bicyclic) bond motifs is 1. The molecular weight excluding hydrogens is 248 g/mol. The number of alkyl halides is 1. The third-order valence-electron chi connectivity index (χ3n) is 4.05. The van der Waals surface area contributed by atoms with Gasteiger partial charge in [-0.1, -0.05) is 6.42 Å². The van der Waals surface area contributed by atoms with E-state index in [2.05, 4.69) is 19.8 Å². The molecule has 1 atom stereocenters. The van der Waals surface area contributed by atoms with Crippen LogP contribution in [0.1, 0.15) is 24.8 Å². The van der Waals surface area contributed by atoms with Crippen LogP contribution in [0.2, 0.25) is 0 Å². The van der Waals surface area contributed by atoms with E-state index in [1.54, 1.807) is 6.33 Å². The van der Waals surface area contributed by atoms with Gasteiger partial charge in [0.1, 0.15) is 12.1 Å². The van der Waals surface area contributed by atoms with Crippen molar-refractivity contribution in [2.75, 3.05) is 31.1 Å². The largest absolute Gasteiger partial charge is 0.353 e. The zero-order valence-corrected chi connectivity index (χ0v) is 11.3. The highest BCUT2D eigenvalue weighted by Gasteiger charge is 2.30. The summed E-state index contributed by atoms with van der Waals surface area (Å²) in [6.45, 7) is 4.55. The highest BCUT2D eigenvalue weighted by molar-refractivity contribution is 6.17. The summed E-state index contributed by atoms with van der Waals surface area (Å²) in [5.74, 6) is 1.52. The van der Waals surface area contributed by atoms with Crippen LogP contribution in [0, 0.1) is 0 Å². The molecule has 0 bridgehead atoms. The lowest BCUT2D eigenvalue weighted by atomic mass is 9.99. The van der Waals surface area contributed by atoms with Crippen molar-refractivity contribution >= 4 is 17.4 Å². The molecule has 0 amide bonds. The molecule has 18 heavy (non-hydrogen) atoms. The molecule has 1 aromatic rings. The van der Waals surface area contributed by atoms with Gasteiger partial charge in [0.25, 0.3) is 0 Å². The Morgan fingerprint density at radius 1 is 1.28 bits per heavy atom. The number of piperidine rings is 1. The average molecular weight is 267 g/mol. The van der Waals surface area contributed by atoms with Gasteiger partial charge >= 0.3 is 0 Å². The molecule has 3 heterocycles. The van der Waals surface area contributed by atoms with Gasteiger partial charge in [-0.05, 0) is 19.4 Å². The summed E-state index contributed by atoms with van der Waals surface area (Å²) in [7, 11) is 0. The maximum absolute atomic E-state index is 5.97. The number of piperazine rings is 1. The molecule has 2 aliphatic heterocycles. The van der Waals surface area contributed by atoms with Crippen LogP contribution in [-0.2, 0) is 5.88 Å². The molecule has 1 aromatic heterocycles. The lowest BCUT2D eigenvalue weighted by Gasteiger charge is -2.44. The Bertz CT molecular complexity index is 412. The van der Waals surface area contributed by atoms with Gasteiger partial charge in [0.05, 0.1) is 5.88 Å². The first-order valence-corrected chi connectivity index (χ1v) is 7.26. The maximum Gasteiger partial charge on any atom is 0.136 e. The predicted octanol–water partition coefficient (Wildman–Crippen LogP) is 1.89. The van der Waals surface area contributed by atoms with E-state index in [1.165, 1.54) is 25.8 Å². The van der Waals surface area contributed by atoms with Crippen LogP contribution in [0.4, 0.5) is 5.82 Å². The molecule has 5 heteroatoms. The minimum absolute atomic E-state index is 0.487. The molecule has 0 N–H and O–H groups in total. The molecule has 1 unspecified atom stereocenters. The smallest absolute Gasteiger partial charge is 0.136 e. The van der Waals surface area contributed by atoms with E-state index in [0.717, 1.165) is 31.0 Å². The van der Waals surface area contributed by atoms with Crippen LogP contribution < -0.4 is 4.90 Å². The standard InChI is InChI=1S/C13H19ClN4/c14-7-11-8-15-10-16-13(11)18-6-5-17-4-2-1-3-12(17)9-18/h8,10,12H,1-7,9H2. The van der Waals surface area contributed by atoms with Gasteiger partial charge in [0, 0.05) is 37.4 Å². The zero-order valence-electron chi connectivity index (χ0n) is 10.6. The number of halogens is 1. The fourth-order valence-electron chi connectivity index (χ4n) is 3.08. The van der Waals surface area contributed by atoms with Crippen molar-refractivity contribution in [2.24, 2.45) is 0 Å². The van der Waals surface area contributed by atoms with Crippen molar-refractivity contribution in [2.45, 2.75) is 31.2 Å². The van der Waals surface area contributed by atoms with E-state index in [0.29, 0.717) is 11.9 Å². The van der Waals surface area contributed by atoms with E-state index in [4.69, 9.17) is 11.6 Å². The van der Waals surface area contributed by atoms with Gasteiger partial charge in [-0.25, -0.2) is 9.97 Å². The number of hydrogen-bond donors (Lipinski definition) is 0. The Labute approximate surface area is 113 Å². The van der Waals surface area contributed by atoms with Gasteiger partial charge < -0.3 is 4.90 Å². The molecule has 0 saturated carbocycles. The summed E-state index contributed by atoms with van der Waals surface area (Å²) in [6.07, 6.45) is 7.50. The SMILES string of the molecule is ClCc1cncnc1N1CCN2CCCCC2C1. The molecule has 2 saturated heterocycles. The molecule has 0 aliphatic carbocycles. The van der Waals surface area contributed by atoms with E-state index in [-0.39, 0.29) is 0 Å². The second kappa shape index (κ2) is 5.41. The topological polar surface area (TPSA) is 32.3 Å². The van der Waals surface area contributed by atoms with Gasteiger partial charge in [0.2, 0.25) is 0 Å². The Hall–Kier alpha value is -0.870. The number of hydrogen-bond acceptors (Lipinski definition) is 4. The predicted molar refractivity (Wildman–Crippen MR) is 73.0 cm³/mol. The summed E-state index contributed by atoms with van der Waals surface area (Å²) in [4.78, 5) is 13.5. The van der Waals surface area contributed by atoms with Crippen LogP contribution in [-0.4, -0.2) is 47.1 Å². The molecule has 98 valence electrons. The normalized spacial score (nSPS) is 24.9. The highest BCUT2D eigenvalue weighted by Crippen LogP contribution is 2.26. The fraction of sp³-hybridized carbons (Fsp3) is 0.692. The van der Waals surface area contributed by atoms with Crippen molar-refractivity contribution in [3.8, 4) is 0 Å². The van der Waals surface area contributed by atoms with Gasteiger partial charge in [-0.3, -0.25) is 4.90 Å². The van der Waals surface area contributed by atoms with Crippen molar-refractivity contribution < 1.29 is 0 Å². The highest BCUT2D eigenvalue weighted by atomic mass is 35.5. The van der Waals surface area contributed by atoms with Crippen molar-refractivity contribution in [1.82, 2.24) is 14.9 Å². The second-order valence-corrected chi connectivity index (χ2v) is 5.40. The third kappa shape index (κ3) is 2.31. The Kier molecular flexibility index (Phi) is 3.66. The Balaban J connectivity index is 1.77. The maximum atomic E-state index is 5.97. The lowest BCUT2D eigenvalue weighted by molar-refractivity contribution is 0.133. The van der Waals surface area contributed by atoms with Crippen LogP contribution in [0.15, 0.2) is 12.5 Å². The molecule has 0 spiro atoms. The molecule has 0 aromatic carbocycles. The van der Waals surface area contributed by atoms with E-state index in [9.17, 15) is 0 Å². The van der Waals surface area contributed by atoms with Crippen LogP contribution >= 0.6 is 11.6 Å². The summed E-state index contributed by atoms with van der Waals surface area (Å²) in [6, 6.07) is 0.700. The molecular formula is C13H19ClN4. The second-order valence-electron chi connectivity index (χ2n) is 5.14. The van der Waals surface area contributed by atoms with E-state index < -0.39 is 0 Å². The van der Waals surface area contributed by atoms with Crippen LogP contribution in [0.5, 0.6) is 0 Å². The summed E-state index contributed by atoms with van der Waals surface area (Å²) >= 11 is 5.97. The molecule has 2 aliphatic rings. The first-order valence-electron chi connectivity index (χ1n) is 6.72. The quantitative estimate of drug-likeness (QED) is 0.766. The summed E-state index contributed by atoms with van der Waals surface area (Å²) < 4.78 is 0. The zero-order chi connectivity index (χ0) is 12.4. The Morgan fingerprint density at radius 3 is 3.11 bits per heavy atom. The fourth-order valence-corrected chi connectivity index (χ4v) is 3.27. The average Bonchev–Trinajstić information content (AvgIpc) is 2.46. The first-order chi connectivity index (χ1) is 8.88. The molecule has 4 nitrogen and oxygen atoms in total. The lowest BCUT2D eigenvalue weighted by Crippen LogP contribution is -2.55. The molecule has 3 rings (SSSR count). The first kappa shape index (κ1) is 12.2. The number of rotatable bonds is 2. The third-order valence-corrected chi connectivity index (χ3v) is 4.33. The van der Waals surface area contributed by atoms with Gasteiger partial charge in [-0.2, -0.15) is 0 Å². The number of anilines is 1. The van der Waals surface area contributed by atoms with E-state index in [1.807, 2.05) is 6.20 Å². The van der Waals surface area contributed by atoms with Crippen molar-refractivity contribution in [3.05, 3.63) is 18.1 Å². The number of nitrogens with zero attached hydrogens (tertiary/aromatic N) is 4. The molecule has 0 radical (unpaired) electrons.